The Morgan fingerprint density at radius 3 is 2.47 bits per heavy atom. The van der Waals surface area contributed by atoms with E-state index in [1.807, 2.05) is 19.2 Å². The minimum absolute atomic E-state index is 0.507. The van der Waals surface area contributed by atoms with Crippen LogP contribution in [0.15, 0.2) is 29.3 Å². The second-order valence-electron chi connectivity index (χ2n) is 8.52. The Morgan fingerprint density at radius 2 is 1.80 bits per heavy atom. The molecule has 30 heavy (non-hydrogen) atoms. The number of aliphatic imine (C=N–C) groups is 1. The molecule has 6 nitrogen and oxygen atoms in total. The summed E-state index contributed by atoms with van der Waals surface area (Å²) < 4.78 is 5.19. The van der Waals surface area contributed by atoms with E-state index in [1.165, 1.54) is 18.4 Å². The molecule has 2 N–H and O–H groups in total. The van der Waals surface area contributed by atoms with Crippen molar-refractivity contribution in [2.75, 3.05) is 60.0 Å². The van der Waals surface area contributed by atoms with Gasteiger partial charge in [-0.05, 0) is 56.3 Å². The average molecular weight is 436 g/mol. The summed E-state index contributed by atoms with van der Waals surface area (Å²) in [5.41, 5.74) is 1.23. The van der Waals surface area contributed by atoms with Crippen LogP contribution < -0.4 is 10.6 Å². The summed E-state index contributed by atoms with van der Waals surface area (Å²) in [7, 11) is 3.64. The number of hydrogen-bond acceptors (Lipinski definition) is 4. The molecule has 2 aliphatic heterocycles. The van der Waals surface area contributed by atoms with E-state index < -0.39 is 0 Å². The molecule has 0 amide bonds. The highest BCUT2D eigenvalue weighted by atomic mass is 35.5. The summed E-state index contributed by atoms with van der Waals surface area (Å²) in [5, 5.41) is 8.07. The maximum absolute atomic E-state index is 6.32. The van der Waals surface area contributed by atoms with Crippen LogP contribution in [0.2, 0.25) is 5.02 Å². The molecule has 0 radical (unpaired) electrons. The zero-order valence-electron chi connectivity index (χ0n) is 18.6. The van der Waals surface area contributed by atoms with Crippen molar-refractivity contribution in [3.63, 3.8) is 0 Å². The van der Waals surface area contributed by atoms with Crippen LogP contribution in [0.25, 0.3) is 0 Å². The van der Waals surface area contributed by atoms with Crippen LogP contribution in [0.5, 0.6) is 0 Å². The maximum atomic E-state index is 6.32. The third-order valence-electron chi connectivity index (χ3n) is 6.38. The lowest BCUT2D eigenvalue weighted by molar-refractivity contribution is 0.128. The van der Waals surface area contributed by atoms with Crippen LogP contribution in [0, 0.1) is 5.92 Å². The summed E-state index contributed by atoms with van der Waals surface area (Å²) >= 11 is 6.32. The highest BCUT2D eigenvalue weighted by molar-refractivity contribution is 6.31. The smallest absolute Gasteiger partial charge is 0.191 e. The van der Waals surface area contributed by atoms with Crippen LogP contribution in [-0.2, 0) is 11.3 Å². The van der Waals surface area contributed by atoms with E-state index in [2.05, 4.69) is 37.6 Å². The zero-order valence-corrected chi connectivity index (χ0v) is 19.3. The molecule has 2 fully saturated rings. The Kier molecular flexibility index (Phi) is 9.72. The topological polar surface area (TPSA) is 52.1 Å². The van der Waals surface area contributed by atoms with E-state index in [0.29, 0.717) is 12.0 Å². The van der Waals surface area contributed by atoms with Crippen molar-refractivity contribution >= 4 is 17.6 Å². The number of hydrogen-bond donors (Lipinski definition) is 2. The number of rotatable bonds is 8. The fourth-order valence-corrected chi connectivity index (χ4v) is 4.56. The largest absolute Gasteiger partial charge is 0.383 e. The minimum atomic E-state index is 0.507. The second-order valence-corrected chi connectivity index (χ2v) is 8.92. The van der Waals surface area contributed by atoms with Crippen LogP contribution in [-0.4, -0.2) is 81.8 Å². The molecule has 0 aromatic heterocycles. The fraction of sp³-hybridized carbons (Fsp3) is 0.696. The van der Waals surface area contributed by atoms with Crippen molar-refractivity contribution in [3.8, 4) is 0 Å². The van der Waals surface area contributed by atoms with Crippen molar-refractivity contribution in [1.82, 2.24) is 20.4 Å². The molecular formula is C23H38ClN5O. The van der Waals surface area contributed by atoms with Crippen molar-refractivity contribution in [2.45, 2.75) is 38.3 Å². The van der Waals surface area contributed by atoms with Gasteiger partial charge in [-0.1, -0.05) is 29.8 Å². The lowest BCUT2D eigenvalue weighted by atomic mass is 9.96. The Hall–Kier alpha value is -1.34. The van der Waals surface area contributed by atoms with Gasteiger partial charge in [0.25, 0.3) is 0 Å². The van der Waals surface area contributed by atoms with Gasteiger partial charge in [-0.2, -0.15) is 0 Å². The van der Waals surface area contributed by atoms with Crippen LogP contribution >= 0.6 is 11.6 Å². The lowest BCUT2D eigenvalue weighted by Crippen LogP contribution is -2.50. The number of nitrogens with one attached hydrogen (secondary N) is 2. The number of likely N-dealkylation sites (tertiary alicyclic amines) is 2. The predicted octanol–water partition coefficient (Wildman–Crippen LogP) is 2.83. The summed E-state index contributed by atoms with van der Waals surface area (Å²) in [6, 6.07) is 8.69. The molecular weight excluding hydrogens is 398 g/mol. The van der Waals surface area contributed by atoms with Gasteiger partial charge in [-0.3, -0.25) is 9.89 Å². The quantitative estimate of drug-likeness (QED) is 0.485. The Labute approximate surface area is 187 Å². The van der Waals surface area contributed by atoms with Crippen molar-refractivity contribution in [2.24, 2.45) is 10.9 Å². The predicted molar refractivity (Wildman–Crippen MR) is 125 cm³/mol. The van der Waals surface area contributed by atoms with Crippen LogP contribution in [0.1, 0.15) is 31.2 Å². The van der Waals surface area contributed by atoms with Gasteiger partial charge in [0.2, 0.25) is 0 Å². The standard InChI is InChI=1S/C23H38ClN5O/c1-25-23(27-21-9-13-28(14-10-21)15-16-30-2)26-17-19-7-11-29(12-8-19)18-20-5-3-4-6-22(20)24/h3-6,19,21H,7-18H2,1-2H3,(H2,25,26,27). The number of piperidine rings is 2. The van der Waals surface area contributed by atoms with Crippen LogP contribution in [0.4, 0.5) is 0 Å². The van der Waals surface area contributed by atoms with Gasteiger partial charge >= 0.3 is 0 Å². The van der Waals surface area contributed by atoms with Crippen LogP contribution in [0.3, 0.4) is 0 Å². The van der Waals surface area contributed by atoms with Gasteiger partial charge in [0, 0.05) is 57.9 Å². The summed E-state index contributed by atoms with van der Waals surface area (Å²) in [4.78, 5) is 9.45. The first-order chi connectivity index (χ1) is 14.7. The third kappa shape index (κ3) is 7.41. The molecule has 0 saturated carbocycles. The highest BCUT2D eigenvalue weighted by Crippen LogP contribution is 2.22. The maximum Gasteiger partial charge on any atom is 0.191 e. The molecule has 0 bridgehead atoms. The van der Waals surface area contributed by atoms with E-state index in [0.717, 1.165) is 76.2 Å². The molecule has 0 unspecified atom stereocenters. The van der Waals surface area contributed by atoms with Crippen molar-refractivity contribution in [1.29, 1.82) is 0 Å². The molecule has 0 atom stereocenters. The van der Waals surface area contributed by atoms with Gasteiger partial charge in [0.15, 0.2) is 5.96 Å². The molecule has 2 heterocycles. The van der Waals surface area contributed by atoms with E-state index >= 15 is 0 Å². The van der Waals surface area contributed by atoms with Gasteiger partial charge in [-0.15, -0.1) is 0 Å². The number of guanidine groups is 1. The monoisotopic (exact) mass is 435 g/mol. The van der Waals surface area contributed by atoms with Gasteiger partial charge < -0.3 is 20.3 Å². The molecule has 0 spiro atoms. The number of benzene rings is 1. The Bertz CT molecular complexity index is 655. The first-order valence-corrected chi connectivity index (χ1v) is 11.7. The highest BCUT2D eigenvalue weighted by Gasteiger charge is 2.22. The van der Waals surface area contributed by atoms with Gasteiger partial charge in [-0.25, -0.2) is 0 Å². The first kappa shape index (κ1) is 23.3. The first-order valence-electron chi connectivity index (χ1n) is 11.3. The molecule has 1 aromatic carbocycles. The normalized spacial score (nSPS) is 20.4. The van der Waals surface area contributed by atoms with Gasteiger partial charge in [0.1, 0.15) is 0 Å². The molecule has 0 aliphatic carbocycles. The summed E-state index contributed by atoms with van der Waals surface area (Å²) in [6.07, 6.45) is 4.74. The molecule has 2 saturated heterocycles. The number of halogens is 1. The molecule has 2 aliphatic rings. The van der Waals surface area contributed by atoms with E-state index in [4.69, 9.17) is 16.3 Å². The minimum Gasteiger partial charge on any atom is -0.383 e. The van der Waals surface area contributed by atoms with E-state index in [9.17, 15) is 0 Å². The van der Waals surface area contributed by atoms with Gasteiger partial charge in [0.05, 0.1) is 6.61 Å². The number of methoxy groups -OCH3 is 1. The lowest BCUT2D eigenvalue weighted by Gasteiger charge is -2.34. The second kappa shape index (κ2) is 12.5. The Balaban J connectivity index is 1.33. The molecule has 3 rings (SSSR count). The molecule has 168 valence electrons. The molecule has 7 heteroatoms. The average Bonchev–Trinajstić information content (AvgIpc) is 2.78. The third-order valence-corrected chi connectivity index (χ3v) is 6.75. The Morgan fingerprint density at radius 1 is 1.10 bits per heavy atom. The van der Waals surface area contributed by atoms with Crippen molar-refractivity contribution in [3.05, 3.63) is 34.9 Å². The van der Waals surface area contributed by atoms with Crippen molar-refractivity contribution < 1.29 is 4.74 Å². The van der Waals surface area contributed by atoms with E-state index in [-0.39, 0.29) is 0 Å². The zero-order chi connectivity index (χ0) is 21.2. The summed E-state index contributed by atoms with van der Waals surface area (Å²) in [6.45, 7) is 8.30. The molecule has 1 aromatic rings. The number of ether oxygens (including phenoxy) is 1. The van der Waals surface area contributed by atoms with E-state index in [1.54, 1.807) is 7.11 Å². The summed E-state index contributed by atoms with van der Waals surface area (Å²) in [5.74, 6) is 1.64. The SMILES string of the molecule is CN=C(NCC1CCN(Cc2ccccc2Cl)CC1)NC1CCN(CCOC)CC1. The number of nitrogens with zero attached hydrogens (tertiary/aromatic N) is 3. The fourth-order valence-electron chi connectivity index (χ4n) is 4.37.